The van der Waals surface area contributed by atoms with Gasteiger partial charge in [0.1, 0.15) is 0 Å². The lowest BCUT2D eigenvalue weighted by molar-refractivity contribution is 1.27. The predicted octanol–water partition coefficient (Wildman–Crippen LogP) is 4.18. The van der Waals surface area contributed by atoms with E-state index in [0.29, 0.717) is 0 Å². The molecule has 0 saturated carbocycles. The summed E-state index contributed by atoms with van der Waals surface area (Å²) in [4.78, 5) is 1.34. The van der Waals surface area contributed by atoms with E-state index < -0.39 is 0 Å². The maximum absolute atomic E-state index is 5.91. The van der Waals surface area contributed by atoms with Crippen LogP contribution in [-0.2, 0) is 5.75 Å². The summed E-state index contributed by atoms with van der Waals surface area (Å²) in [5, 5.41) is 0. The first kappa shape index (κ1) is 12.1. The van der Waals surface area contributed by atoms with E-state index in [4.69, 9.17) is 5.73 Å². The Balaban J connectivity index is 2.13. The molecular weight excluding hydrogens is 226 g/mol. The van der Waals surface area contributed by atoms with Crippen molar-refractivity contribution in [1.29, 1.82) is 0 Å². The second-order valence-electron chi connectivity index (χ2n) is 4.19. The Morgan fingerprint density at radius 3 is 2.53 bits per heavy atom. The van der Waals surface area contributed by atoms with Gasteiger partial charge in [-0.1, -0.05) is 30.3 Å². The van der Waals surface area contributed by atoms with Crippen molar-refractivity contribution < 1.29 is 0 Å². The lowest BCUT2D eigenvalue weighted by atomic mass is 10.1. The number of nitrogen functional groups attached to an aromatic ring is 1. The lowest BCUT2D eigenvalue weighted by Gasteiger charge is -2.09. The second kappa shape index (κ2) is 5.28. The average Bonchev–Trinajstić information content (AvgIpc) is 2.33. The molecule has 17 heavy (non-hydrogen) atoms. The molecule has 0 aromatic heterocycles. The molecule has 0 atom stereocenters. The Morgan fingerprint density at radius 1 is 1.00 bits per heavy atom. The Kier molecular flexibility index (Phi) is 3.75. The van der Waals surface area contributed by atoms with E-state index in [1.54, 1.807) is 0 Å². The number of benzene rings is 2. The number of rotatable bonds is 3. The van der Waals surface area contributed by atoms with Crippen molar-refractivity contribution in [3.63, 3.8) is 0 Å². The first-order valence-corrected chi connectivity index (χ1v) is 6.69. The minimum absolute atomic E-state index is 0.882. The van der Waals surface area contributed by atoms with E-state index in [2.05, 4.69) is 44.2 Å². The van der Waals surface area contributed by atoms with Crippen LogP contribution >= 0.6 is 11.8 Å². The molecule has 88 valence electrons. The van der Waals surface area contributed by atoms with Crippen LogP contribution in [-0.4, -0.2) is 0 Å². The van der Waals surface area contributed by atoms with Gasteiger partial charge >= 0.3 is 0 Å². The highest BCUT2D eigenvalue weighted by Gasteiger charge is 2.03. The quantitative estimate of drug-likeness (QED) is 0.646. The molecule has 0 spiro atoms. The van der Waals surface area contributed by atoms with Crippen LogP contribution in [0.4, 0.5) is 5.69 Å². The highest BCUT2D eigenvalue weighted by Crippen LogP contribution is 2.28. The van der Waals surface area contributed by atoms with Gasteiger partial charge < -0.3 is 5.73 Å². The van der Waals surface area contributed by atoms with E-state index in [1.807, 2.05) is 23.9 Å². The van der Waals surface area contributed by atoms with Crippen LogP contribution in [0.2, 0.25) is 0 Å². The molecule has 2 N–H and O–H groups in total. The summed E-state index contributed by atoms with van der Waals surface area (Å²) < 4.78 is 0. The fourth-order valence-electron chi connectivity index (χ4n) is 1.73. The monoisotopic (exact) mass is 243 g/mol. The van der Waals surface area contributed by atoms with Crippen molar-refractivity contribution in [2.24, 2.45) is 0 Å². The van der Waals surface area contributed by atoms with Crippen LogP contribution in [0.3, 0.4) is 0 Å². The molecule has 0 amide bonds. The van der Waals surface area contributed by atoms with Gasteiger partial charge in [-0.2, -0.15) is 0 Å². The van der Waals surface area contributed by atoms with Gasteiger partial charge in [0, 0.05) is 16.3 Å². The third-order valence-corrected chi connectivity index (χ3v) is 4.19. The van der Waals surface area contributed by atoms with Gasteiger partial charge in [-0.25, -0.2) is 0 Å². The van der Waals surface area contributed by atoms with Crippen molar-refractivity contribution >= 4 is 17.4 Å². The third kappa shape index (κ3) is 2.83. The van der Waals surface area contributed by atoms with Crippen molar-refractivity contribution in [3.05, 3.63) is 59.2 Å². The number of anilines is 1. The standard InChI is InChI=1S/C15H17NS/c1-11-6-3-4-9-15(11)17-10-13-7-5-8-14(16)12(13)2/h3-9H,10,16H2,1-2H3. The molecule has 2 aromatic carbocycles. The van der Waals surface area contributed by atoms with Crippen LogP contribution in [0.15, 0.2) is 47.4 Å². The molecule has 0 radical (unpaired) electrons. The molecule has 2 aromatic rings. The van der Waals surface area contributed by atoms with Crippen molar-refractivity contribution in [3.8, 4) is 0 Å². The van der Waals surface area contributed by atoms with Crippen LogP contribution in [0.5, 0.6) is 0 Å². The first-order valence-electron chi connectivity index (χ1n) is 5.71. The molecule has 0 aliphatic carbocycles. The van der Waals surface area contributed by atoms with Crippen LogP contribution < -0.4 is 5.73 Å². The normalized spacial score (nSPS) is 10.5. The van der Waals surface area contributed by atoms with Crippen LogP contribution in [0.1, 0.15) is 16.7 Å². The van der Waals surface area contributed by atoms with Crippen molar-refractivity contribution in [1.82, 2.24) is 0 Å². The summed E-state index contributed by atoms with van der Waals surface area (Å²) in [6.07, 6.45) is 0. The van der Waals surface area contributed by atoms with Gasteiger partial charge in [0.15, 0.2) is 0 Å². The molecule has 2 rings (SSSR count). The smallest absolute Gasteiger partial charge is 0.0346 e. The Labute approximate surface area is 107 Å². The topological polar surface area (TPSA) is 26.0 Å². The van der Waals surface area contributed by atoms with Crippen molar-refractivity contribution in [2.75, 3.05) is 5.73 Å². The molecule has 0 saturated heterocycles. The number of hydrogen-bond donors (Lipinski definition) is 1. The minimum atomic E-state index is 0.882. The fraction of sp³-hybridized carbons (Fsp3) is 0.200. The summed E-state index contributed by atoms with van der Waals surface area (Å²) in [5.41, 5.74) is 10.6. The molecule has 0 fully saturated rings. The van der Waals surface area contributed by atoms with Gasteiger partial charge in [0.05, 0.1) is 0 Å². The Hall–Kier alpha value is -1.41. The first-order chi connectivity index (χ1) is 8.18. The number of nitrogens with two attached hydrogens (primary N) is 1. The van der Waals surface area contributed by atoms with E-state index in [9.17, 15) is 0 Å². The van der Waals surface area contributed by atoms with E-state index in [1.165, 1.54) is 21.6 Å². The summed E-state index contributed by atoms with van der Waals surface area (Å²) in [6.45, 7) is 4.23. The molecule has 0 bridgehead atoms. The molecule has 1 nitrogen and oxygen atoms in total. The number of hydrogen-bond acceptors (Lipinski definition) is 2. The zero-order valence-electron chi connectivity index (χ0n) is 10.2. The van der Waals surface area contributed by atoms with Crippen LogP contribution in [0.25, 0.3) is 0 Å². The van der Waals surface area contributed by atoms with E-state index >= 15 is 0 Å². The summed E-state index contributed by atoms with van der Waals surface area (Å²) in [7, 11) is 0. The molecule has 0 aliphatic heterocycles. The molecule has 0 heterocycles. The second-order valence-corrected chi connectivity index (χ2v) is 5.20. The number of thioether (sulfide) groups is 1. The zero-order valence-corrected chi connectivity index (χ0v) is 11.1. The largest absolute Gasteiger partial charge is 0.399 e. The highest BCUT2D eigenvalue weighted by atomic mass is 32.2. The minimum Gasteiger partial charge on any atom is -0.399 e. The Morgan fingerprint density at radius 2 is 1.76 bits per heavy atom. The summed E-state index contributed by atoms with van der Waals surface area (Å²) >= 11 is 1.87. The third-order valence-electron chi connectivity index (χ3n) is 2.96. The predicted molar refractivity (Wildman–Crippen MR) is 76.3 cm³/mol. The molecule has 0 unspecified atom stereocenters. The maximum atomic E-state index is 5.91. The van der Waals surface area contributed by atoms with Gasteiger partial charge in [-0.3, -0.25) is 0 Å². The average molecular weight is 243 g/mol. The summed E-state index contributed by atoms with van der Waals surface area (Å²) in [5.74, 6) is 0.974. The van der Waals surface area contributed by atoms with Gasteiger partial charge in [-0.15, -0.1) is 11.8 Å². The molecular formula is C15H17NS. The lowest BCUT2D eigenvalue weighted by Crippen LogP contribution is -1.94. The summed E-state index contributed by atoms with van der Waals surface area (Å²) in [6, 6.07) is 14.6. The maximum Gasteiger partial charge on any atom is 0.0346 e. The highest BCUT2D eigenvalue weighted by molar-refractivity contribution is 7.98. The molecule has 2 heteroatoms. The number of aryl methyl sites for hydroxylation is 1. The zero-order chi connectivity index (χ0) is 12.3. The van der Waals surface area contributed by atoms with E-state index in [-0.39, 0.29) is 0 Å². The SMILES string of the molecule is Cc1ccccc1SCc1cccc(N)c1C. The van der Waals surface area contributed by atoms with Gasteiger partial charge in [-0.05, 0) is 42.7 Å². The fourth-order valence-corrected chi connectivity index (χ4v) is 2.83. The molecule has 0 aliphatic rings. The van der Waals surface area contributed by atoms with E-state index in [0.717, 1.165) is 11.4 Å². The Bertz CT molecular complexity index is 520. The van der Waals surface area contributed by atoms with Crippen molar-refractivity contribution in [2.45, 2.75) is 24.5 Å². The van der Waals surface area contributed by atoms with Gasteiger partial charge in [0.2, 0.25) is 0 Å². The van der Waals surface area contributed by atoms with Gasteiger partial charge in [0.25, 0.3) is 0 Å². The van der Waals surface area contributed by atoms with Crippen LogP contribution in [0, 0.1) is 13.8 Å².